The summed E-state index contributed by atoms with van der Waals surface area (Å²) in [5, 5.41) is 5.44. The summed E-state index contributed by atoms with van der Waals surface area (Å²) < 4.78 is 0. The van der Waals surface area contributed by atoms with Gasteiger partial charge in [-0.25, -0.2) is 0 Å². The van der Waals surface area contributed by atoms with Gasteiger partial charge in [0.25, 0.3) is 0 Å². The van der Waals surface area contributed by atoms with E-state index in [0.717, 1.165) is 24.1 Å². The van der Waals surface area contributed by atoms with Gasteiger partial charge >= 0.3 is 0 Å². The second kappa shape index (κ2) is 9.13. The van der Waals surface area contributed by atoms with Crippen molar-refractivity contribution in [3.8, 4) is 0 Å². The van der Waals surface area contributed by atoms with Crippen molar-refractivity contribution < 1.29 is 9.59 Å². The van der Waals surface area contributed by atoms with Gasteiger partial charge in [0.1, 0.15) is 0 Å². The molecule has 0 aromatic heterocycles. The van der Waals surface area contributed by atoms with Crippen molar-refractivity contribution in [1.29, 1.82) is 0 Å². The molecular formula is C16H25N3O2. The topological polar surface area (TPSA) is 84.2 Å². The summed E-state index contributed by atoms with van der Waals surface area (Å²) in [6.07, 6.45) is 2.64. The van der Waals surface area contributed by atoms with Crippen LogP contribution in [0.25, 0.3) is 0 Å². The van der Waals surface area contributed by atoms with Crippen molar-refractivity contribution in [1.82, 2.24) is 5.32 Å². The van der Waals surface area contributed by atoms with E-state index in [-0.39, 0.29) is 11.8 Å². The molecule has 0 heterocycles. The van der Waals surface area contributed by atoms with Crippen LogP contribution >= 0.6 is 0 Å². The second-order valence-corrected chi connectivity index (χ2v) is 5.32. The quantitative estimate of drug-likeness (QED) is 0.681. The molecule has 0 bridgehead atoms. The van der Waals surface area contributed by atoms with E-state index < -0.39 is 0 Å². The summed E-state index contributed by atoms with van der Waals surface area (Å²) in [5.74, 6) is 0.453. The van der Waals surface area contributed by atoms with E-state index in [4.69, 9.17) is 5.73 Å². The third-order valence-corrected chi connectivity index (χ3v) is 3.40. The van der Waals surface area contributed by atoms with E-state index >= 15 is 0 Å². The number of nitrogens with one attached hydrogen (secondary N) is 2. The molecule has 0 aliphatic carbocycles. The van der Waals surface area contributed by atoms with Gasteiger partial charge in [-0.3, -0.25) is 9.59 Å². The second-order valence-electron chi connectivity index (χ2n) is 5.32. The van der Waals surface area contributed by atoms with Crippen LogP contribution in [-0.4, -0.2) is 25.4 Å². The average Bonchev–Trinajstić information content (AvgIpc) is 2.47. The average molecular weight is 291 g/mol. The smallest absolute Gasteiger partial charge is 0.224 e. The first kappa shape index (κ1) is 17.2. The van der Waals surface area contributed by atoms with Gasteiger partial charge < -0.3 is 16.4 Å². The summed E-state index contributed by atoms with van der Waals surface area (Å²) in [6.45, 7) is 2.77. The number of likely N-dealkylation sites (N-methyl/N-ethyl adjacent to an activating group) is 1. The standard InChI is InChI=1S/C16H25N3O2/c1-12(9-10-17)3-8-15(20)19-14-6-4-13(5-7-14)11-16(21)18-2/h4-7,12H,3,8-11,17H2,1-2H3,(H,18,21)(H,19,20). The minimum absolute atomic E-state index is 0.0120. The Bertz CT molecular complexity index is 457. The molecule has 1 aromatic rings. The number of benzene rings is 1. The van der Waals surface area contributed by atoms with Crippen molar-refractivity contribution >= 4 is 17.5 Å². The van der Waals surface area contributed by atoms with E-state index in [9.17, 15) is 9.59 Å². The van der Waals surface area contributed by atoms with Crippen LogP contribution in [0.1, 0.15) is 31.7 Å². The van der Waals surface area contributed by atoms with E-state index in [1.165, 1.54) is 0 Å². The maximum absolute atomic E-state index is 11.8. The lowest BCUT2D eigenvalue weighted by Crippen LogP contribution is -2.19. The zero-order valence-electron chi connectivity index (χ0n) is 12.8. The molecule has 0 radical (unpaired) electrons. The van der Waals surface area contributed by atoms with Crippen LogP contribution in [0.3, 0.4) is 0 Å². The van der Waals surface area contributed by atoms with Crippen LogP contribution < -0.4 is 16.4 Å². The van der Waals surface area contributed by atoms with Gasteiger partial charge in [-0.15, -0.1) is 0 Å². The van der Waals surface area contributed by atoms with Crippen molar-refractivity contribution in [2.24, 2.45) is 11.7 Å². The van der Waals surface area contributed by atoms with Crippen LogP contribution in [0.15, 0.2) is 24.3 Å². The van der Waals surface area contributed by atoms with Gasteiger partial charge in [0.2, 0.25) is 11.8 Å². The lowest BCUT2D eigenvalue weighted by molar-refractivity contribution is -0.120. The van der Waals surface area contributed by atoms with Gasteiger partial charge in [-0.1, -0.05) is 19.1 Å². The number of amides is 2. The van der Waals surface area contributed by atoms with Crippen LogP contribution in [0.5, 0.6) is 0 Å². The molecule has 1 aromatic carbocycles. The van der Waals surface area contributed by atoms with E-state index in [1.807, 2.05) is 24.3 Å². The first-order valence-corrected chi connectivity index (χ1v) is 7.34. The van der Waals surface area contributed by atoms with Crippen molar-refractivity contribution in [3.63, 3.8) is 0 Å². The van der Waals surface area contributed by atoms with Crippen molar-refractivity contribution in [2.45, 2.75) is 32.6 Å². The number of rotatable bonds is 8. The van der Waals surface area contributed by atoms with Crippen LogP contribution in [0.4, 0.5) is 5.69 Å². The summed E-state index contributed by atoms with van der Waals surface area (Å²) in [6, 6.07) is 7.34. The molecular weight excluding hydrogens is 266 g/mol. The highest BCUT2D eigenvalue weighted by Crippen LogP contribution is 2.13. The Balaban J connectivity index is 2.41. The number of anilines is 1. The van der Waals surface area contributed by atoms with Crippen molar-refractivity contribution in [2.75, 3.05) is 18.9 Å². The molecule has 116 valence electrons. The van der Waals surface area contributed by atoms with Gasteiger partial charge in [0, 0.05) is 19.2 Å². The minimum Gasteiger partial charge on any atom is -0.359 e. The fourth-order valence-corrected chi connectivity index (χ4v) is 2.01. The predicted octanol–water partition coefficient (Wildman–Crippen LogP) is 1.68. The normalized spacial score (nSPS) is 11.8. The molecule has 0 saturated carbocycles. The van der Waals surface area contributed by atoms with Crippen LogP contribution in [0.2, 0.25) is 0 Å². The Morgan fingerprint density at radius 2 is 1.81 bits per heavy atom. The summed E-state index contributed by atoms with van der Waals surface area (Å²) in [4.78, 5) is 23.1. The van der Waals surface area contributed by atoms with Gasteiger partial charge in [0.15, 0.2) is 0 Å². The Morgan fingerprint density at radius 1 is 1.14 bits per heavy atom. The number of hydrogen-bond acceptors (Lipinski definition) is 3. The Hall–Kier alpha value is -1.88. The molecule has 0 aliphatic rings. The molecule has 1 atom stereocenters. The molecule has 4 N–H and O–H groups in total. The monoisotopic (exact) mass is 291 g/mol. The lowest BCUT2D eigenvalue weighted by Gasteiger charge is -2.10. The number of carbonyl (C=O) groups is 2. The minimum atomic E-state index is -0.0272. The van der Waals surface area contributed by atoms with Crippen LogP contribution in [-0.2, 0) is 16.0 Å². The zero-order chi connectivity index (χ0) is 15.7. The third-order valence-electron chi connectivity index (χ3n) is 3.40. The SMILES string of the molecule is CNC(=O)Cc1ccc(NC(=O)CCC(C)CCN)cc1. The molecule has 1 unspecified atom stereocenters. The molecule has 1 rings (SSSR count). The summed E-state index contributed by atoms with van der Waals surface area (Å²) in [5.41, 5.74) is 7.17. The third kappa shape index (κ3) is 6.90. The molecule has 21 heavy (non-hydrogen) atoms. The van der Waals surface area contributed by atoms with Crippen LogP contribution in [0, 0.1) is 5.92 Å². The molecule has 2 amide bonds. The summed E-state index contributed by atoms with van der Waals surface area (Å²) in [7, 11) is 1.61. The number of hydrogen-bond donors (Lipinski definition) is 3. The maximum Gasteiger partial charge on any atom is 0.224 e. The molecule has 0 aliphatic heterocycles. The summed E-state index contributed by atoms with van der Waals surface area (Å²) >= 11 is 0. The Kier molecular flexibility index (Phi) is 7.46. The van der Waals surface area contributed by atoms with E-state index in [0.29, 0.717) is 25.3 Å². The number of carbonyl (C=O) groups excluding carboxylic acids is 2. The first-order valence-electron chi connectivity index (χ1n) is 7.34. The predicted molar refractivity (Wildman–Crippen MR) is 84.9 cm³/mol. The molecule has 5 heteroatoms. The zero-order valence-corrected chi connectivity index (χ0v) is 12.8. The number of nitrogens with two attached hydrogens (primary N) is 1. The molecule has 5 nitrogen and oxygen atoms in total. The maximum atomic E-state index is 11.8. The highest BCUT2D eigenvalue weighted by molar-refractivity contribution is 5.90. The van der Waals surface area contributed by atoms with E-state index in [2.05, 4.69) is 17.6 Å². The first-order chi connectivity index (χ1) is 10.0. The molecule has 0 fully saturated rings. The van der Waals surface area contributed by atoms with Gasteiger partial charge in [-0.05, 0) is 43.0 Å². The highest BCUT2D eigenvalue weighted by Gasteiger charge is 2.07. The molecule has 0 saturated heterocycles. The lowest BCUT2D eigenvalue weighted by atomic mass is 10.0. The van der Waals surface area contributed by atoms with E-state index in [1.54, 1.807) is 7.05 Å². The fourth-order valence-electron chi connectivity index (χ4n) is 2.01. The molecule has 0 spiro atoms. The van der Waals surface area contributed by atoms with Gasteiger partial charge in [0.05, 0.1) is 6.42 Å². The van der Waals surface area contributed by atoms with Gasteiger partial charge in [-0.2, -0.15) is 0 Å². The van der Waals surface area contributed by atoms with Crippen molar-refractivity contribution in [3.05, 3.63) is 29.8 Å². The Labute approximate surface area is 126 Å². The Morgan fingerprint density at radius 3 is 2.38 bits per heavy atom. The highest BCUT2D eigenvalue weighted by atomic mass is 16.2. The largest absolute Gasteiger partial charge is 0.359 e. The fraction of sp³-hybridized carbons (Fsp3) is 0.500.